The Morgan fingerprint density at radius 2 is 2.40 bits per heavy atom. The minimum Gasteiger partial charge on any atom is -0.258 e. The van der Waals surface area contributed by atoms with Gasteiger partial charge in [-0.2, -0.15) is 0 Å². The van der Waals surface area contributed by atoms with Crippen LogP contribution in [0.1, 0.15) is 20.3 Å². The van der Waals surface area contributed by atoms with Gasteiger partial charge in [-0.25, -0.2) is 0 Å². The predicted molar refractivity (Wildman–Crippen MR) is 45.2 cm³/mol. The molecule has 0 aromatic carbocycles. The Morgan fingerprint density at radius 3 is 3.10 bits per heavy atom. The van der Waals surface area contributed by atoms with Gasteiger partial charge in [0.05, 0.1) is 5.70 Å². The lowest BCUT2D eigenvalue weighted by molar-refractivity contribution is 0.790. The quantitative estimate of drug-likeness (QED) is 0.484. The predicted octanol–water partition coefficient (Wildman–Crippen LogP) is 2.56. The molecule has 0 fully saturated rings. The molecule has 0 N–H and O–H groups in total. The monoisotopic (exact) mass is 135 g/mol. The summed E-state index contributed by atoms with van der Waals surface area (Å²) in [4.78, 5) is 4.29. The summed E-state index contributed by atoms with van der Waals surface area (Å²) >= 11 is 0. The summed E-state index contributed by atoms with van der Waals surface area (Å²) < 4.78 is 0. The van der Waals surface area contributed by atoms with Crippen LogP contribution in [0.2, 0.25) is 0 Å². The van der Waals surface area contributed by atoms with Gasteiger partial charge in [-0.15, -0.1) is 0 Å². The number of nitrogens with zero attached hydrogens (tertiary/aromatic N) is 1. The van der Waals surface area contributed by atoms with Crippen LogP contribution in [0, 0.1) is 5.92 Å². The summed E-state index contributed by atoms with van der Waals surface area (Å²) in [7, 11) is 0. The second-order valence-corrected chi connectivity index (χ2v) is 2.78. The van der Waals surface area contributed by atoms with Crippen LogP contribution in [-0.2, 0) is 0 Å². The van der Waals surface area contributed by atoms with Crippen LogP contribution < -0.4 is 0 Å². The number of hydrogen-bond donors (Lipinski definition) is 0. The van der Waals surface area contributed by atoms with Gasteiger partial charge in [-0.1, -0.05) is 19.6 Å². The molecule has 1 aliphatic rings. The van der Waals surface area contributed by atoms with E-state index in [1.165, 1.54) is 5.71 Å². The normalized spacial score (nSPS) is 26.0. The zero-order valence-electron chi connectivity index (χ0n) is 6.59. The Bertz CT molecular complexity index is 199. The van der Waals surface area contributed by atoms with Gasteiger partial charge in [0.2, 0.25) is 0 Å². The molecule has 0 spiro atoms. The summed E-state index contributed by atoms with van der Waals surface area (Å²) in [5.74, 6) is 0.579. The molecule has 0 aromatic heterocycles. The average molecular weight is 135 g/mol. The number of allylic oxidation sites excluding steroid dienone is 2. The van der Waals surface area contributed by atoms with Gasteiger partial charge in [-0.05, 0) is 25.3 Å². The zero-order valence-corrected chi connectivity index (χ0v) is 6.59. The fourth-order valence-electron chi connectivity index (χ4n) is 0.953. The summed E-state index contributed by atoms with van der Waals surface area (Å²) in [6.45, 7) is 8.03. The van der Waals surface area contributed by atoms with E-state index in [0.29, 0.717) is 5.92 Å². The molecule has 10 heavy (non-hydrogen) atoms. The standard InChI is InChI=1S/C9H13N/c1-7-5-4-6-8(2)10-9(7)3/h4,6-7H,2,5H2,1,3H3. The van der Waals surface area contributed by atoms with Gasteiger partial charge in [0.1, 0.15) is 0 Å². The second kappa shape index (κ2) is 2.82. The van der Waals surface area contributed by atoms with E-state index in [0.717, 1.165) is 12.1 Å². The second-order valence-electron chi connectivity index (χ2n) is 2.78. The van der Waals surface area contributed by atoms with Crippen LogP contribution in [0.4, 0.5) is 0 Å². The highest BCUT2D eigenvalue weighted by molar-refractivity contribution is 5.85. The third-order valence-corrected chi connectivity index (χ3v) is 1.83. The van der Waals surface area contributed by atoms with Crippen molar-refractivity contribution in [2.45, 2.75) is 20.3 Å². The molecule has 0 amide bonds. The topological polar surface area (TPSA) is 12.4 Å². The first-order valence-corrected chi connectivity index (χ1v) is 3.61. The largest absolute Gasteiger partial charge is 0.258 e. The molecule has 0 aliphatic carbocycles. The lowest BCUT2D eigenvalue weighted by Gasteiger charge is -2.04. The Hall–Kier alpha value is -0.850. The highest BCUT2D eigenvalue weighted by Crippen LogP contribution is 2.13. The SMILES string of the molecule is C=C1C=CCC(C)C(C)=N1. The average Bonchev–Trinajstić information content (AvgIpc) is 1.96. The summed E-state index contributed by atoms with van der Waals surface area (Å²) in [5.41, 5.74) is 2.07. The summed E-state index contributed by atoms with van der Waals surface area (Å²) in [6, 6.07) is 0. The molecular formula is C9H13N. The van der Waals surface area contributed by atoms with Crippen molar-refractivity contribution < 1.29 is 0 Å². The Labute approximate surface area is 62.2 Å². The van der Waals surface area contributed by atoms with Crippen LogP contribution in [0.25, 0.3) is 0 Å². The van der Waals surface area contributed by atoms with Gasteiger partial charge in [0, 0.05) is 5.71 Å². The maximum absolute atomic E-state index is 4.29. The Morgan fingerprint density at radius 1 is 1.70 bits per heavy atom. The first-order valence-electron chi connectivity index (χ1n) is 3.61. The van der Waals surface area contributed by atoms with Gasteiger partial charge >= 0.3 is 0 Å². The van der Waals surface area contributed by atoms with Crippen molar-refractivity contribution in [1.82, 2.24) is 0 Å². The lowest BCUT2D eigenvalue weighted by Crippen LogP contribution is -2.03. The van der Waals surface area contributed by atoms with Crippen molar-refractivity contribution in [2.24, 2.45) is 10.9 Å². The first-order chi connectivity index (χ1) is 4.70. The molecule has 1 aliphatic heterocycles. The highest BCUT2D eigenvalue weighted by Gasteiger charge is 2.05. The maximum Gasteiger partial charge on any atom is 0.0554 e. The van der Waals surface area contributed by atoms with E-state index < -0.39 is 0 Å². The van der Waals surface area contributed by atoms with Crippen molar-refractivity contribution in [2.75, 3.05) is 0 Å². The van der Waals surface area contributed by atoms with Crippen molar-refractivity contribution in [3.63, 3.8) is 0 Å². The van der Waals surface area contributed by atoms with Crippen molar-refractivity contribution in [3.05, 3.63) is 24.4 Å². The molecule has 1 heterocycles. The smallest absolute Gasteiger partial charge is 0.0554 e. The number of aliphatic imine (C=N–C) groups is 1. The number of hydrogen-bond acceptors (Lipinski definition) is 1. The van der Waals surface area contributed by atoms with Crippen molar-refractivity contribution >= 4 is 5.71 Å². The third-order valence-electron chi connectivity index (χ3n) is 1.83. The third kappa shape index (κ3) is 1.56. The van der Waals surface area contributed by atoms with E-state index in [-0.39, 0.29) is 0 Å². The van der Waals surface area contributed by atoms with E-state index >= 15 is 0 Å². The molecule has 0 bridgehead atoms. The minimum absolute atomic E-state index is 0.579. The van der Waals surface area contributed by atoms with Crippen LogP contribution in [0.3, 0.4) is 0 Å². The summed E-state index contributed by atoms with van der Waals surface area (Å²) in [6.07, 6.45) is 5.20. The first kappa shape index (κ1) is 7.26. The summed E-state index contributed by atoms with van der Waals surface area (Å²) in [5, 5.41) is 0. The van der Waals surface area contributed by atoms with E-state index in [2.05, 4.69) is 31.5 Å². The Balaban J connectivity index is 2.83. The molecule has 1 heteroatoms. The molecule has 54 valence electrons. The lowest BCUT2D eigenvalue weighted by atomic mass is 10.0. The van der Waals surface area contributed by atoms with E-state index in [9.17, 15) is 0 Å². The molecule has 1 nitrogen and oxygen atoms in total. The van der Waals surface area contributed by atoms with E-state index in [1.54, 1.807) is 0 Å². The molecule has 1 unspecified atom stereocenters. The number of rotatable bonds is 0. The van der Waals surface area contributed by atoms with Gasteiger partial charge in [0.15, 0.2) is 0 Å². The fourth-order valence-corrected chi connectivity index (χ4v) is 0.953. The van der Waals surface area contributed by atoms with Gasteiger partial charge in [0.25, 0.3) is 0 Å². The van der Waals surface area contributed by atoms with Crippen LogP contribution in [-0.4, -0.2) is 5.71 Å². The van der Waals surface area contributed by atoms with E-state index in [1.807, 2.05) is 6.08 Å². The molecule has 0 radical (unpaired) electrons. The van der Waals surface area contributed by atoms with Crippen molar-refractivity contribution in [1.29, 1.82) is 0 Å². The molecule has 0 saturated heterocycles. The van der Waals surface area contributed by atoms with Gasteiger partial charge < -0.3 is 0 Å². The van der Waals surface area contributed by atoms with Gasteiger partial charge in [-0.3, -0.25) is 4.99 Å². The molecule has 1 rings (SSSR count). The van der Waals surface area contributed by atoms with E-state index in [4.69, 9.17) is 0 Å². The van der Waals surface area contributed by atoms with Crippen LogP contribution in [0.15, 0.2) is 29.4 Å². The van der Waals surface area contributed by atoms with Crippen LogP contribution >= 0.6 is 0 Å². The molecule has 0 aromatic rings. The minimum atomic E-state index is 0.579. The highest BCUT2D eigenvalue weighted by atomic mass is 14.8. The Kier molecular flexibility index (Phi) is 2.05. The molecular weight excluding hydrogens is 122 g/mol. The molecule has 1 atom stereocenters. The zero-order chi connectivity index (χ0) is 7.56. The van der Waals surface area contributed by atoms with Crippen LogP contribution in [0.5, 0.6) is 0 Å². The van der Waals surface area contributed by atoms with Crippen molar-refractivity contribution in [3.8, 4) is 0 Å². The maximum atomic E-state index is 4.29. The fraction of sp³-hybridized carbons (Fsp3) is 0.444. The molecule has 0 saturated carbocycles.